The van der Waals surface area contributed by atoms with Gasteiger partial charge in [0.05, 0.1) is 16.0 Å². The third kappa shape index (κ3) is 5.55. The summed E-state index contributed by atoms with van der Waals surface area (Å²) in [6.45, 7) is 4.88. The number of nitrogens with zero attached hydrogens (tertiary/aromatic N) is 1. The minimum atomic E-state index is -4.68. The lowest BCUT2D eigenvalue weighted by Gasteiger charge is -2.22. The summed E-state index contributed by atoms with van der Waals surface area (Å²) in [6, 6.07) is 8.45. The van der Waals surface area contributed by atoms with Crippen LogP contribution in [0.25, 0.3) is 0 Å². The van der Waals surface area contributed by atoms with Gasteiger partial charge in [-0.15, -0.1) is 0 Å². The molecule has 2 N–H and O–H groups in total. The third-order valence-corrected chi connectivity index (χ3v) is 6.79. The second-order valence-electron chi connectivity index (χ2n) is 7.71. The van der Waals surface area contributed by atoms with Gasteiger partial charge < -0.3 is 10.6 Å². The predicted octanol–water partition coefficient (Wildman–Crippen LogP) is 4.42. The molecule has 10 heteroatoms. The van der Waals surface area contributed by atoms with Crippen molar-refractivity contribution in [2.45, 2.75) is 37.8 Å². The fourth-order valence-electron chi connectivity index (χ4n) is 3.61. The molecule has 1 fully saturated rings. The van der Waals surface area contributed by atoms with Gasteiger partial charge in [0, 0.05) is 17.3 Å². The number of aryl methyl sites for hydroxylation is 1. The molecule has 0 unspecified atom stereocenters. The maximum Gasteiger partial charge on any atom is 0.417 e. The standard InChI is InChI=1S/C22H24F3N3O3S/c1-14-13-17(32(30,31)28-15(2)16-9-11-26-12-10-16)7-8-20(14)27-21(29)18-5-3-4-6-19(18)22(23,24)25/h3-8,13,16,26H,9-12H2,1-2H3,(H,27,29). The first-order valence-electron chi connectivity index (χ1n) is 10.1. The second-order valence-corrected chi connectivity index (χ2v) is 9.31. The number of anilines is 1. The lowest BCUT2D eigenvalue weighted by atomic mass is 9.94. The Morgan fingerprint density at radius 3 is 2.41 bits per heavy atom. The zero-order valence-electron chi connectivity index (χ0n) is 17.7. The summed E-state index contributed by atoms with van der Waals surface area (Å²) < 4.78 is 69.0. The number of alkyl halides is 3. The fourth-order valence-corrected chi connectivity index (χ4v) is 4.81. The predicted molar refractivity (Wildman–Crippen MR) is 116 cm³/mol. The van der Waals surface area contributed by atoms with Gasteiger partial charge in [-0.25, -0.2) is 0 Å². The Morgan fingerprint density at radius 1 is 1.12 bits per heavy atom. The zero-order chi connectivity index (χ0) is 23.5. The molecule has 2 aromatic carbocycles. The first-order valence-corrected chi connectivity index (χ1v) is 11.5. The Morgan fingerprint density at radius 2 is 1.78 bits per heavy atom. The number of sulfonamides is 1. The highest BCUT2D eigenvalue weighted by Crippen LogP contribution is 2.32. The van der Waals surface area contributed by atoms with Crippen LogP contribution in [0.1, 0.15) is 41.3 Å². The molecule has 0 atom stereocenters. The number of piperidine rings is 1. The first kappa shape index (κ1) is 23.9. The average Bonchev–Trinajstić information content (AvgIpc) is 2.74. The molecule has 1 aliphatic heterocycles. The van der Waals surface area contributed by atoms with Crippen molar-refractivity contribution in [3.05, 3.63) is 59.2 Å². The van der Waals surface area contributed by atoms with Crippen LogP contribution in [0.3, 0.4) is 0 Å². The number of benzene rings is 2. The van der Waals surface area contributed by atoms with E-state index >= 15 is 0 Å². The highest BCUT2D eigenvalue weighted by molar-refractivity contribution is 7.90. The second kappa shape index (κ2) is 9.41. The van der Waals surface area contributed by atoms with E-state index in [0.29, 0.717) is 11.3 Å². The van der Waals surface area contributed by atoms with Gasteiger partial charge in [-0.2, -0.15) is 26.0 Å². The largest absolute Gasteiger partial charge is 0.417 e. The number of carbonyl (C=O) groups is 1. The Kier molecular flexibility index (Phi) is 7.04. The van der Waals surface area contributed by atoms with Crippen LogP contribution < -0.4 is 10.6 Å². The smallest absolute Gasteiger partial charge is 0.322 e. The summed E-state index contributed by atoms with van der Waals surface area (Å²) in [7, 11) is -3.95. The first-order chi connectivity index (χ1) is 15.0. The van der Waals surface area contributed by atoms with E-state index in [0.717, 1.165) is 38.1 Å². The van der Waals surface area contributed by atoms with Crippen molar-refractivity contribution in [2.75, 3.05) is 18.4 Å². The van der Waals surface area contributed by atoms with Crippen molar-refractivity contribution in [1.29, 1.82) is 0 Å². The minimum absolute atomic E-state index is 0.0445. The van der Waals surface area contributed by atoms with Crippen LogP contribution in [-0.4, -0.2) is 33.1 Å². The Hall–Kier alpha value is -2.72. The van der Waals surface area contributed by atoms with E-state index in [1.54, 1.807) is 13.8 Å². The Bertz CT molecular complexity index is 1140. The van der Waals surface area contributed by atoms with Crippen LogP contribution in [-0.2, 0) is 16.2 Å². The van der Waals surface area contributed by atoms with Gasteiger partial charge in [0.15, 0.2) is 0 Å². The van der Waals surface area contributed by atoms with Crippen LogP contribution in [0.4, 0.5) is 18.9 Å². The van der Waals surface area contributed by atoms with Crippen molar-refractivity contribution in [2.24, 2.45) is 10.3 Å². The van der Waals surface area contributed by atoms with Gasteiger partial charge >= 0.3 is 6.18 Å². The molecular formula is C22H24F3N3O3S. The molecule has 0 aliphatic carbocycles. The lowest BCUT2D eigenvalue weighted by molar-refractivity contribution is -0.137. The van der Waals surface area contributed by atoms with Crippen molar-refractivity contribution in [3.63, 3.8) is 0 Å². The molecule has 0 aromatic heterocycles. The van der Waals surface area contributed by atoms with E-state index in [9.17, 15) is 26.4 Å². The number of carbonyl (C=O) groups excluding carboxylic acids is 1. The molecule has 1 amide bonds. The zero-order valence-corrected chi connectivity index (χ0v) is 18.5. The molecule has 6 nitrogen and oxygen atoms in total. The molecule has 3 rings (SSSR count). The molecule has 1 saturated heterocycles. The van der Waals surface area contributed by atoms with E-state index < -0.39 is 33.2 Å². The fraction of sp³-hybridized carbons (Fsp3) is 0.364. The molecule has 0 radical (unpaired) electrons. The molecule has 2 aromatic rings. The number of nitrogens with one attached hydrogen (secondary N) is 2. The average molecular weight is 468 g/mol. The molecule has 1 heterocycles. The molecule has 0 bridgehead atoms. The number of hydrogen-bond donors (Lipinski definition) is 2. The van der Waals surface area contributed by atoms with Crippen molar-refractivity contribution >= 4 is 27.3 Å². The number of rotatable bonds is 5. The van der Waals surface area contributed by atoms with Crippen molar-refractivity contribution in [3.8, 4) is 0 Å². The summed E-state index contributed by atoms with van der Waals surface area (Å²) in [4.78, 5) is 12.4. The van der Waals surface area contributed by atoms with Gasteiger partial charge in [-0.05, 0) is 75.7 Å². The number of amides is 1. The van der Waals surface area contributed by atoms with E-state index in [4.69, 9.17) is 0 Å². The topological polar surface area (TPSA) is 87.6 Å². The molecule has 0 spiro atoms. The van der Waals surface area contributed by atoms with E-state index in [1.165, 1.54) is 30.3 Å². The third-order valence-electron chi connectivity index (χ3n) is 5.42. The minimum Gasteiger partial charge on any atom is -0.322 e. The van der Waals surface area contributed by atoms with Crippen LogP contribution in [0.5, 0.6) is 0 Å². The molecular weight excluding hydrogens is 443 g/mol. The maximum absolute atomic E-state index is 13.2. The summed E-state index contributed by atoms with van der Waals surface area (Å²) >= 11 is 0. The van der Waals surface area contributed by atoms with E-state index in [1.807, 2.05) is 0 Å². The maximum atomic E-state index is 13.2. The highest BCUT2D eigenvalue weighted by Gasteiger charge is 2.35. The highest BCUT2D eigenvalue weighted by atomic mass is 32.2. The van der Waals surface area contributed by atoms with Crippen LogP contribution in [0.15, 0.2) is 51.8 Å². The van der Waals surface area contributed by atoms with E-state index in [-0.39, 0.29) is 16.5 Å². The van der Waals surface area contributed by atoms with Gasteiger partial charge in [-0.3, -0.25) is 4.79 Å². The molecule has 1 aliphatic rings. The summed E-state index contributed by atoms with van der Waals surface area (Å²) in [5, 5.41) is 5.65. The summed E-state index contributed by atoms with van der Waals surface area (Å²) in [5.41, 5.74) is -0.413. The van der Waals surface area contributed by atoms with Gasteiger partial charge in [0.25, 0.3) is 15.9 Å². The Balaban J connectivity index is 1.82. The lowest BCUT2D eigenvalue weighted by Crippen LogP contribution is -2.31. The summed E-state index contributed by atoms with van der Waals surface area (Å²) in [5.74, 6) is -0.837. The van der Waals surface area contributed by atoms with Crippen molar-refractivity contribution in [1.82, 2.24) is 5.32 Å². The van der Waals surface area contributed by atoms with Crippen molar-refractivity contribution < 1.29 is 26.4 Å². The summed E-state index contributed by atoms with van der Waals surface area (Å²) in [6.07, 6.45) is -3.05. The molecule has 0 saturated carbocycles. The van der Waals surface area contributed by atoms with Gasteiger partial charge in [0.2, 0.25) is 0 Å². The Labute approximate surface area is 185 Å². The van der Waals surface area contributed by atoms with Gasteiger partial charge in [0.1, 0.15) is 0 Å². The van der Waals surface area contributed by atoms with E-state index in [2.05, 4.69) is 15.0 Å². The SMILES string of the molecule is CC(=NS(=O)(=O)c1ccc(NC(=O)c2ccccc2C(F)(F)F)c(C)c1)C1CCNCC1. The van der Waals surface area contributed by atoms with Crippen LogP contribution in [0.2, 0.25) is 0 Å². The quantitative estimate of drug-likeness (QED) is 0.638. The molecule has 172 valence electrons. The van der Waals surface area contributed by atoms with Gasteiger partial charge in [-0.1, -0.05) is 12.1 Å². The molecule has 32 heavy (non-hydrogen) atoms. The number of halogens is 3. The normalized spacial score (nSPS) is 16.1. The van der Waals surface area contributed by atoms with Crippen LogP contribution in [0, 0.1) is 12.8 Å². The van der Waals surface area contributed by atoms with Crippen LogP contribution >= 0.6 is 0 Å². The number of hydrogen-bond acceptors (Lipinski definition) is 4. The monoisotopic (exact) mass is 467 g/mol.